The molecule has 4 nitrogen and oxygen atoms in total. The van der Waals surface area contributed by atoms with E-state index in [0.29, 0.717) is 0 Å². The van der Waals surface area contributed by atoms with Crippen LogP contribution in [0.15, 0.2) is 36.7 Å². The zero-order chi connectivity index (χ0) is 19.9. The third-order valence-electron chi connectivity index (χ3n) is 5.29. The van der Waals surface area contributed by atoms with Crippen LogP contribution < -0.4 is 19.6 Å². The standard InChI is InChI=1S/C23H32N4.ClH/c1-16-11-20(24(5)6)12-17(2)22(16)26-9-10-27(15-26)23-18(3)13-21(25(7)8)14-19(23)4;/h9-14H,15H2,1-8H3;1H. The van der Waals surface area contributed by atoms with Crippen molar-refractivity contribution in [3.8, 4) is 0 Å². The van der Waals surface area contributed by atoms with E-state index in [1.165, 1.54) is 45.0 Å². The molecule has 1 aliphatic heterocycles. The van der Waals surface area contributed by atoms with E-state index < -0.39 is 0 Å². The number of hydrogen-bond acceptors (Lipinski definition) is 4. The van der Waals surface area contributed by atoms with Crippen molar-refractivity contribution in [1.82, 2.24) is 0 Å². The molecule has 1 heterocycles. The van der Waals surface area contributed by atoms with Crippen LogP contribution in [0, 0.1) is 27.7 Å². The molecule has 1 aliphatic rings. The van der Waals surface area contributed by atoms with Crippen LogP contribution in [0.25, 0.3) is 0 Å². The highest BCUT2D eigenvalue weighted by atomic mass is 35.5. The molecule has 28 heavy (non-hydrogen) atoms. The highest BCUT2D eigenvalue weighted by Gasteiger charge is 2.21. The molecular formula is C23H33ClN4. The second kappa shape index (κ2) is 8.36. The normalized spacial score (nSPS) is 13.0. The summed E-state index contributed by atoms with van der Waals surface area (Å²) < 4.78 is 0. The average Bonchev–Trinajstić information content (AvgIpc) is 3.02. The van der Waals surface area contributed by atoms with Gasteiger partial charge < -0.3 is 19.6 Å². The molecule has 0 saturated carbocycles. The topological polar surface area (TPSA) is 13.0 Å². The third-order valence-corrected chi connectivity index (χ3v) is 5.29. The summed E-state index contributed by atoms with van der Waals surface area (Å²) in [6.45, 7) is 9.65. The summed E-state index contributed by atoms with van der Waals surface area (Å²) >= 11 is 0. The van der Waals surface area contributed by atoms with Crippen LogP contribution in [0.4, 0.5) is 22.7 Å². The number of hydrogen-bond donors (Lipinski definition) is 0. The van der Waals surface area contributed by atoms with Crippen molar-refractivity contribution < 1.29 is 0 Å². The van der Waals surface area contributed by atoms with Crippen molar-refractivity contribution in [3.63, 3.8) is 0 Å². The Kier molecular flexibility index (Phi) is 6.56. The SMILES string of the molecule is Cc1cc(N(C)C)cc(C)c1N1C=CN(c2c(C)cc(N(C)C)cc2C)C1.Cl. The van der Waals surface area contributed by atoms with E-state index in [1.54, 1.807) is 0 Å². The third kappa shape index (κ3) is 4.07. The largest absolute Gasteiger partial charge is 0.378 e. The molecule has 5 heteroatoms. The fraction of sp³-hybridized carbons (Fsp3) is 0.391. The molecule has 0 amide bonds. The van der Waals surface area contributed by atoms with Gasteiger partial charge in [-0.1, -0.05) is 0 Å². The second-order valence-electron chi connectivity index (χ2n) is 8.02. The maximum Gasteiger partial charge on any atom is 0.0989 e. The van der Waals surface area contributed by atoms with Gasteiger partial charge in [0.1, 0.15) is 0 Å². The minimum Gasteiger partial charge on any atom is -0.378 e. The molecule has 2 aromatic carbocycles. The van der Waals surface area contributed by atoms with Crippen LogP contribution >= 0.6 is 12.4 Å². The van der Waals surface area contributed by atoms with Crippen LogP contribution in [0.1, 0.15) is 22.3 Å². The summed E-state index contributed by atoms with van der Waals surface area (Å²) in [6, 6.07) is 9.06. The molecule has 3 rings (SSSR count). The first-order chi connectivity index (χ1) is 12.7. The molecule has 0 N–H and O–H groups in total. The maximum atomic E-state index is 2.35. The van der Waals surface area contributed by atoms with Crippen LogP contribution in [0.2, 0.25) is 0 Å². The van der Waals surface area contributed by atoms with Crippen molar-refractivity contribution in [2.45, 2.75) is 27.7 Å². The summed E-state index contributed by atoms with van der Waals surface area (Å²) in [5, 5.41) is 0. The highest BCUT2D eigenvalue weighted by molar-refractivity contribution is 5.85. The van der Waals surface area contributed by atoms with E-state index in [9.17, 15) is 0 Å². The van der Waals surface area contributed by atoms with Gasteiger partial charge >= 0.3 is 0 Å². The quantitative estimate of drug-likeness (QED) is 0.696. The number of benzene rings is 2. The summed E-state index contributed by atoms with van der Waals surface area (Å²) in [4.78, 5) is 9.02. The lowest BCUT2D eigenvalue weighted by Crippen LogP contribution is -2.27. The Morgan fingerprint density at radius 3 is 1.14 bits per heavy atom. The van der Waals surface area contributed by atoms with Crippen molar-refractivity contribution in [1.29, 1.82) is 0 Å². The van der Waals surface area contributed by atoms with Crippen LogP contribution in [-0.2, 0) is 0 Å². The van der Waals surface area contributed by atoms with E-state index in [4.69, 9.17) is 0 Å². The number of nitrogens with zero attached hydrogens (tertiary/aromatic N) is 4. The van der Waals surface area contributed by atoms with Crippen LogP contribution in [0.3, 0.4) is 0 Å². The van der Waals surface area contributed by atoms with Crippen molar-refractivity contribution in [3.05, 3.63) is 58.9 Å². The summed E-state index contributed by atoms with van der Waals surface area (Å²) in [5.74, 6) is 0. The van der Waals surface area contributed by atoms with Gasteiger partial charge in [-0.05, 0) is 74.2 Å². The van der Waals surface area contributed by atoms with Gasteiger partial charge in [-0.25, -0.2) is 0 Å². The lowest BCUT2D eigenvalue weighted by molar-refractivity contribution is 0.953. The molecule has 0 fully saturated rings. The van der Waals surface area contributed by atoms with Crippen molar-refractivity contribution in [2.24, 2.45) is 0 Å². The fourth-order valence-electron chi connectivity index (χ4n) is 4.00. The molecule has 0 aliphatic carbocycles. The van der Waals surface area contributed by atoms with E-state index in [1.807, 2.05) is 0 Å². The molecule has 0 radical (unpaired) electrons. The summed E-state index contributed by atoms with van der Waals surface area (Å²) in [6.07, 6.45) is 4.40. The lowest BCUT2D eigenvalue weighted by Gasteiger charge is -2.28. The lowest BCUT2D eigenvalue weighted by atomic mass is 10.1. The van der Waals surface area contributed by atoms with Gasteiger partial charge in [-0.3, -0.25) is 0 Å². The maximum absolute atomic E-state index is 2.35. The van der Waals surface area contributed by atoms with Gasteiger partial charge in [0.25, 0.3) is 0 Å². The smallest absolute Gasteiger partial charge is 0.0989 e. The summed E-state index contributed by atoms with van der Waals surface area (Å²) in [5.41, 5.74) is 10.3. The molecule has 0 unspecified atom stereocenters. The number of rotatable bonds is 4. The molecule has 0 saturated heterocycles. The van der Waals surface area contributed by atoms with Gasteiger partial charge in [-0.2, -0.15) is 0 Å². The van der Waals surface area contributed by atoms with E-state index in [0.717, 1.165) is 6.67 Å². The highest BCUT2D eigenvalue weighted by Crippen LogP contribution is 2.35. The van der Waals surface area contributed by atoms with Gasteiger partial charge in [-0.15, -0.1) is 12.4 Å². The van der Waals surface area contributed by atoms with Crippen LogP contribution in [0.5, 0.6) is 0 Å². The van der Waals surface area contributed by atoms with Gasteiger partial charge in [0.15, 0.2) is 0 Å². The Labute approximate surface area is 176 Å². The van der Waals surface area contributed by atoms with Crippen molar-refractivity contribution >= 4 is 35.2 Å². The molecule has 0 aromatic heterocycles. The van der Waals surface area contributed by atoms with E-state index in [-0.39, 0.29) is 12.4 Å². The predicted octanol–water partition coefficient (Wildman–Crippen LogP) is 5.23. The number of anilines is 4. The van der Waals surface area contributed by atoms with Crippen LogP contribution in [-0.4, -0.2) is 34.9 Å². The first-order valence-corrected chi connectivity index (χ1v) is 9.47. The Morgan fingerprint density at radius 2 is 0.893 bits per heavy atom. The second-order valence-corrected chi connectivity index (χ2v) is 8.02. The molecule has 0 spiro atoms. The number of halogens is 1. The Bertz CT molecular complexity index is 769. The fourth-order valence-corrected chi connectivity index (χ4v) is 4.00. The molecule has 152 valence electrons. The first-order valence-electron chi connectivity index (χ1n) is 9.47. The zero-order valence-corrected chi connectivity index (χ0v) is 19.2. The Morgan fingerprint density at radius 1 is 0.607 bits per heavy atom. The minimum absolute atomic E-state index is 0. The Balaban J connectivity index is 0.00000280. The molecule has 0 bridgehead atoms. The summed E-state index contributed by atoms with van der Waals surface area (Å²) in [7, 11) is 8.37. The monoisotopic (exact) mass is 400 g/mol. The molecular weight excluding hydrogens is 368 g/mol. The average molecular weight is 401 g/mol. The van der Waals surface area contributed by atoms with Gasteiger partial charge in [0, 0.05) is 63.3 Å². The van der Waals surface area contributed by atoms with Gasteiger partial charge in [0.05, 0.1) is 6.67 Å². The van der Waals surface area contributed by atoms with Gasteiger partial charge in [0.2, 0.25) is 0 Å². The first kappa shape index (κ1) is 22.0. The van der Waals surface area contributed by atoms with E-state index >= 15 is 0 Å². The molecule has 0 atom stereocenters. The number of aryl methyl sites for hydroxylation is 4. The minimum atomic E-state index is 0. The Hall–Kier alpha value is -2.33. The predicted molar refractivity (Wildman–Crippen MR) is 127 cm³/mol. The van der Waals surface area contributed by atoms with E-state index in [2.05, 4.69) is 112 Å². The van der Waals surface area contributed by atoms with Crippen molar-refractivity contribution in [2.75, 3.05) is 54.5 Å². The zero-order valence-electron chi connectivity index (χ0n) is 18.4. The molecule has 2 aromatic rings.